The van der Waals surface area contributed by atoms with Crippen LogP contribution >= 0.6 is 11.8 Å². The molecule has 0 aliphatic rings. The maximum atomic E-state index is 13.7. The zero-order chi connectivity index (χ0) is 48.7. The Bertz CT molecular complexity index is 1740. The monoisotopic (exact) mass is 956 g/mol. The van der Waals surface area contributed by atoms with E-state index < -0.39 is 109 Å². The van der Waals surface area contributed by atoms with Gasteiger partial charge in [0.1, 0.15) is 35.7 Å². The zero-order valence-electron chi connectivity index (χ0n) is 36.8. The van der Waals surface area contributed by atoms with Gasteiger partial charge in [0, 0.05) is 38.2 Å². The predicted octanol–water partition coefficient (Wildman–Crippen LogP) is -1.70. The summed E-state index contributed by atoms with van der Waals surface area (Å²) in [6.07, 6.45) is 6.87. The molecule has 7 amide bonds. The summed E-state index contributed by atoms with van der Waals surface area (Å²) >= 11 is 6.10. The van der Waals surface area contributed by atoms with E-state index in [1.165, 1.54) is 12.1 Å². The number of hydrogen-bond donors (Lipinski definition) is 11. The molecule has 0 aromatic heterocycles. The number of carboxylic acids is 2. The Morgan fingerprint density at radius 2 is 1.31 bits per heavy atom. The number of unbranched alkanes of at least 4 members (excludes halogenated alkanes) is 7. The topological polar surface area (TPSA) is 365 Å². The molecule has 0 bridgehead atoms. The Kier molecular flexibility index (Phi) is 29.5. The largest absolute Gasteiger partial charge is 0.482 e. The molecule has 0 unspecified atom stereocenters. The molecule has 22 nitrogen and oxygen atoms in total. The number of benzene rings is 1. The first kappa shape index (κ1) is 57.7. The van der Waals surface area contributed by atoms with Crippen molar-refractivity contribution in [2.75, 3.05) is 44.4 Å². The number of thioether (sulfide) groups is 1. The quantitative estimate of drug-likeness (QED) is 0.0264. The van der Waals surface area contributed by atoms with E-state index in [9.17, 15) is 48.3 Å². The number of aliphatic hydroxyl groups is 1. The molecule has 0 aliphatic heterocycles. The van der Waals surface area contributed by atoms with Crippen LogP contribution < -0.4 is 48.5 Å². The molecular weight excluding hydrogens is 891 g/mol. The van der Waals surface area contributed by atoms with E-state index in [4.69, 9.17) is 44.6 Å². The van der Waals surface area contributed by atoms with Gasteiger partial charge in [0.05, 0.1) is 6.54 Å². The van der Waals surface area contributed by atoms with Gasteiger partial charge < -0.3 is 63.8 Å². The molecule has 5 atom stereocenters. The Balaban J connectivity index is 2.99. The molecule has 65 heavy (non-hydrogen) atoms. The van der Waals surface area contributed by atoms with Crippen LogP contribution in [0.2, 0.25) is 0 Å². The van der Waals surface area contributed by atoms with Crippen molar-refractivity contribution in [2.45, 2.75) is 121 Å². The third-order valence-electron chi connectivity index (χ3n) is 9.68. The Morgan fingerprint density at radius 1 is 0.738 bits per heavy atom. The molecule has 0 saturated heterocycles. The highest BCUT2D eigenvalue weighted by molar-refractivity contribution is 8.00. The van der Waals surface area contributed by atoms with E-state index in [0.717, 1.165) is 50.3 Å². The first-order valence-corrected chi connectivity index (χ1v) is 23.0. The van der Waals surface area contributed by atoms with Crippen molar-refractivity contribution >= 4 is 77.5 Å². The fourth-order valence-corrected chi connectivity index (χ4v) is 7.29. The highest BCUT2D eigenvalue weighted by Gasteiger charge is 2.37. The van der Waals surface area contributed by atoms with Gasteiger partial charge in [-0.15, -0.1) is 11.8 Å². The van der Waals surface area contributed by atoms with Crippen LogP contribution in [0.4, 0.5) is 0 Å². The number of amides is 7. The Morgan fingerprint density at radius 3 is 1.86 bits per heavy atom. The van der Waals surface area contributed by atoms with Crippen molar-refractivity contribution in [3.8, 4) is 5.75 Å². The van der Waals surface area contributed by atoms with Crippen LogP contribution in [0.25, 0.3) is 0 Å². The minimum absolute atomic E-state index is 0.0240. The molecule has 24 heteroatoms. The molecule has 0 saturated carbocycles. The predicted molar refractivity (Wildman–Crippen MR) is 241 cm³/mol. The average molecular weight is 957 g/mol. The third kappa shape index (κ3) is 24.5. The van der Waals surface area contributed by atoms with Crippen molar-refractivity contribution in [2.24, 2.45) is 17.2 Å². The molecule has 0 fully saturated rings. The number of ether oxygens (including phenoxy) is 1. The normalized spacial score (nSPS) is 13.2. The number of nitrogens with zero attached hydrogens (tertiary/aromatic N) is 1. The third-order valence-corrected chi connectivity index (χ3v) is 11.2. The van der Waals surface area contributed by atoms with Crippen LogP contribution in [-0.4, -0.2) is 147 Å². The SMILES string of the molecule is CCC(=O)N[C@@H](CCO)C(=O)N[C@@H](CSCC(=O)[N+](=S)[C@@H](CN)C(=O)N[C@@H](Cc1ccc(OCC(=O)O)cc1)C(N)=O)C(=O)N[C@@H](CCN)C(=O)NCCCCCCCCCCC(=O)O. The highest BCUT2D eigenvalue weighted by Crippen LogP contribution is 2.15. The second kappa shape index (κ2) is 33.2. The molecule has 0 heterocycles. The lowest BCUT2D eigenvalue weighted by atomic mass is 10.0. The van der Waals surface area contributed by atoms with E-state index in [-0.39, 0.29) is 50.2 Å². The maximum absolute atomic E-state index is 13.7. The summed E-state index contributed by atoms with van der Waals surface area (Å²) in [6.45, 7) is 0.429. The summed E-state index contributed by atoms with van der Waals surface area (Å²) in [5.74, 6) is -7.60. The van der Waals surface area contributed by atoms with Gasteiger partial charge >= 0.3 is 17.8 Å². The minimum Gasteiger partial charge on any atom is -0.482 e. The van der Waals surface area contributed by atoms with Gasteiger partial charge in [-0.1, -0.05) is 61.5 Å². The summed E-state index contributed by atoms with van der Waals surface area (Å²) in [6, 6.07) is -0.373. The maximum Gasteiger partial charge on any atom is 0.411 e. The van der Waals surface area contributed by atoms with E-state index in [1.807, 2.05) is 0 Å². The van der Waals surface area contributed by atoms with Gasteiger partial charge in [0.2, 0.25) is 29.5 Å². The van der Waals surface area contributed by atoms with Crippen LogP contribution in [0, 0.1) is 0 Å². The van der Waals surface area contributed by atoms with Gasteiger partial charge in [-0.25, -0.2) is 9.59 Å². The molecule has 0 aliphatic carbocycles. The number of nitrogens with one attached hydrogen (secondary N) is 5. The molecular formula is C41H66N9O13S2+. The molecule has 1 rings (SSSR count). The molecule has 0 spiro atoms. The van der Waals surface area contributed by atoms with Gasteiger partial charge in [0.25, 0.3) is 24.4 Å². The molecule has 1 aromatic rings. The summed E-state index contributed by atoms with van der Waals surface area (Å²) in [5, 5.41) is 40.0. The second-order valence-corrected chi connectivity index (χ2v) is 16.4. The fraction of sp³-hybridized carbons (Fsp3) is 0.634. The Labute approximate surface area is 387 Å². The van der Waals surface area contributed by atoms with E-state index in [2.05, 4.69) is 26.6 Å². The van der Waals surface area contributed by atoms with E-state index >= 15 is 0 Å². The lowest BCUT2D eigenvalue weighted by molar-refractivity contribution is -0.443. The van der Waals surface area contributed by atoms with Crippen molar-refractivity contribution < 1.29 is 67.2 Å². The first-order chi connectivity index (χ1) is 31.0. The van der Waals surface area contributed by atoms with Gasteiger partial charge in [-0.2, -0.15) is 0 Å². The van der Waals surface area contributed by atoms with Crippen LogP contribution in [0.3, 0.4) is 0 Å². The standard InChI is InChI=1S/C41H65N9O13S2/c1-2-33(52)46-29(17-20-51)39(60)49-31(40(61)47-28(16-18-42)38(59)45-19-10-8-6-4-3-5-7-9-11-35(54)55)24-65-25-34(53)50(64)32(22-43)41(62)48-30(37(44)58)21-26-12-14-27(15-13-26)63-23-36(56)57/h12-15,28-32,51H,2-11,16-25,42-43H2,1H3,(H8-,44,45,46,47,48,49,52,54,55,56,57,58,59,60,61,62)/p+1/t28-,29-,30-,31-,32-/m0/s1. The summed E-state index contributed by atoms with van der Waals surface area (Å²) < 4.78 is 5.74. The number of carboxylic acid groups (broad SMARTS) is 2. The van der Waals surface area contributed by atoms with Crippen LogP contribution in [0.15, 0.2) is 24.3 Å². The average Bonchev–Trinajstić information content (AvgIpc) is 3.26. The van der Waals surface area contributed by atoms with Crippen LogP contribution in [0.1, 0.15) is 89.5 Å². The Hall–Kier alpha value is -5.30. The van der Waals surface area contributed by atoms with Crippen molar-refractivity contribution in [1.82, 2.24) is 26.6 Å². The number of aliphatic carboxylic acids is 2. The van der Waals surface area contributed by atoms with Crippen LogP contribution in [0.5, 0.6) is 5.75 Å². The van der Waals surface area contributed by atoms with Gasteiger partial charge in [-0.3, -0.25) is 33.6 Å². The minimum atomic E-state index is -1.44. The summed E-state index contributed by atoms with van der Waals surface area (Å²) in [5.41, 5.74) is 17.7. The van der Waals surface area contributed by atoms with E-state index in [1.54, 1.807) is 19.1 Å². The van der Waals surface area contributed by atoms with Crippen molar-refractivity contribution in [1.29, 1.82) is 0 Å². The van der Waals surface area contributed by atoms with E-state index in [0.29, 0.717) is 28.9 Å². The number of carbonyl (C=O) groups excluding carboxylic acids is 7. The number of hydrogen-bond acceptors (Lipinski definition) is 15. The number of aliphatic hydroxyl groups excluding tert-OH is 1. The van der Waals surface area contributed by atoms with Crippen molar-refractivity contribution in [3.05, 3.63) is 29.8 Å². The van der Waals surface area contributed by atoms with Gasteiger partial charge in [0.15, 0.2) is 6.61 Å². The summed E-state index contributed by atoms with van der Waals surface area (Å²) in [7, 11) is 0. The second-order valence-electron chi connectivity index (χ2n) is 14.9. The van der Waals surface area contributed by atoms with Crippen molar-refractivity contribution in [3.63, 3.8) is 0 Å². The number of rotatable bonds is 36. The number of nitrogens with two attached hydrogens (primary N) is 3. The molecule has 0 radical (unpaired) electrons. The molecule has 364 valence electrons. The number of carbonyl (C=O) groups is 9. The molecule has 14 N–H and O–H groups in total. The van der Waals surface area contributed by atoms with Crippen LogP contribution in [-0.2, 0) is 62.0 Å². The number of primary amides is 1. The highest BCUT2D eigenvalue weighted by atomic mass is 32.2. The summed E-state index contributed by atoms with van der Waals surface area (Å²) in [4.78, 5) is 113. The molecule has 1 aromatic carbocycles. The smallest absolute Gasteiger partial charge is 0.411 e. The lowest BCUT2D eigenvalue weighted by Crippen LogP contribution is -2.58. The zero-order valence-corrected chi connectivity index (χ0v) is 38.4. The fourth-order valence-electron chi connectivity index (χ4n) is 6.06. The first-order valence-electron chi connectivity index (χ1n) is 21.5. The lowest BCUT2D eigenvalue weighted by Gasteiger charge is -2.25. The van der Waals surface area contributed by atoms with Gasteiger partial charge in [-0.05, 0) is 49.9 Å².